The van der Waals surface area contributed by atoms with Crippen molar-refractivity contribution in [1.29, 1.82) is 0 Å². The standard InChI is InChI=1S/C21H21BrN2O2/c1-14-18-11-16(22)7-8-19(18)26-20(14)21(25)23-17-9-10-24(13-17)12-15-5-3-2-4-6-15/h2-8,11,17H,9-10,12-13H2,1H3,(H,23,25)/t17-/m0/s1. The van der Waals surface area contributed by atoms with Gasteiger partial charge in [-0.25, -0.2) is 0 Å². The van der Waals surface area contributed by atoms with Crippen molar-refractivity contribution in [3.8, 4) is 0 Å². The van der Waals surface area contributed by atoms with Crippen molar-refractivity contribution in [2.45, 2.75) is 25.9 Å². The predicted octanol–water partition coefficient (Wildman–Crippen LogP) is 4.51. The quantitative estimate of drug-likeness (QED) is 0.685. The van der Waals surface area contributed by atoms with Crippen LogP contribution in [0.3, 0.4) is 0 Å². The van der Waals surface area contributed by atoms with Crippen LogP contribution in [0.5, 0.6) is 0 Å². The highest BCUT2D eigenvalue weighted by Gasteiger charge is 2.26. The van der Waals surface area contributed by atoms with Crippen molar-refractivity contribution in [3.05, 3.63) is 69.9 Å². The lowest BCUT2D eigenvalue weighted by atomic mass is 10.1. The van der Waals surface area contributed by atoms with Gasteiger partial charge in [-0.15, -0.1) is 0 Å². The van der Waals surface area contributed by atoms with Gasteiger partial charge in [0.15, 0.2) is 5.76 Å². The van der Waals surface area contributed by atoms with Crippen molar-refractivity contribution < 1.29 is 9.21 Å². The van der Waals surface area contributed by atoms with Gasteiger partial charge < -0.3 is 9.73 Å². The number of amides is 1. The van der Waals surface area contributed by atoms with Crippen molar-refractivity contribution in [1.82, 2.24) is 10.2 Å². The van der Waals surface area contributed by atoms with Crippen LogP contribution in [0.1, 0.15) is 28.1 Å². The molecule has 4 nitrogen and oxygen atoms in total. The number of furan rings is 1. The molecular weight excluding hydrogens is 392 g/mol. The van der Waals surface area contributed by atoms with Crippen LogP contribution in [0.15, 0.2) is 57.4 Å². The average molecular weight is 413 g/mol. The molecule has 4 rings (SSSR count). The van der Waals surface area contributed by atoms with Crippen LogP contribution >= 0.6 is 15.9 Å². The van der Waals surface area contributed by atoms with Gasteiger partial charge >= 0.3 is 0 Å². The Bertz CT molecular complexity index is 936. The fourth-order valence-corrected chi connectivity index (χ4v) is 3.96. The molecule has 1 aliphatic rings. The lowest BCUT2D eigenvalue weighted by molar-refractivity contribution is 0.0911. The molecule has 3 aromatic rings. The van der Waals surface area contributed by atoms with E-state index in [0.29, 0.717) is 5.76 Å². The Morgan fingerprint density at radius 2 is 2.08 bits per heavy atom. The van der Waals surface area contributed by atoms with Gasteiger partial charge in [0.1, 0.15) is 5.58 Å². The van der Waals surface area contributed by atoms with Gasteiger partial charge in [0, 0.05) is 41.1 Å². The second-order valence-electron chi connectivity index (χ2n) is 6.88. The Kier molecular flexibility index (Phi) is 4.83. The molecule has 1 N–H and O–H groups in total. The van der Waals surface area contributed by atoms with Crippen LogP contribution in [0.25, 0.3) is 11.0 Å². The number of nitrogens with zero attached hydrogens (tertiary/aromatic N) is 1. The molecule has 0 radical (unpaired) electrons. The van der Waals surface area contributed by atoms with E-state index in [-0.39, 0.29) is 11.9 Å². The number of carbonyl (C=O) groups excluding carboxylic acids is 1. The summed E-state index contributed by atoms with van der Waals surface area (Å²) in [6.07, 6.45) is 0.962. The van der Waals surface area contributed by atoms with E-state index in [0.717, 1.165) is 47.1 Å². The zero-order valence-corrected chi connectivity index (χ0v) is 16.3. The van der Waals surface area contributed by atoms with Crippen molar-refractivity contribution in [3.63, 3.8) is 0 Å². The molecule has 134 valence electrons. The second-order valence-corrected chi connectivity index (χ2v) is 7.79. The van der Waals surface area contributed by atoms with Crippen LogP contribution in [-0.2, 0) is 6.54 Å². The Balaban J connectivity index is 1.42. The maximum atomic E-state index is 12.7. The Morgan fingerprint density at radius 1 is 1.27 bits per heavy atom. The summed E-state index contributed by atoms with van der Waals surface area (Å²) in [5.41, 5.74) is 2.93. The molecule has 1 atom stereocenters. The lowest BCUT2D eigenvalue weighted by Crippen LogP contribution is -2.37. The molecule has 5 heteroatoms. The molecular formula is C21H21BrN2O2. The first-order valence-electron chi connectivity index (χ1n) is 8.86. The molecule has 0 aliphatic carbocycles. The monoisotopic (exact) mass is 412 g/mol. The summed E-state index contributed by atoms with van der Waals surface area (Å²) in [5, 5.41) is 4.12. The van der Waals surface area contributed by atoms with E-state index in [1.807, 2.05) is 31.2 Å². The predicted molar refractivity (Wildman–Crippen MR) is 106 cm³/mol. The number of carbonyl (C=O) groups is 1. The number of aryl methyl sites for hydroxylation is 1. The van der Waals surface area contributed by atoms with Crippen LogP contribution in [-0.4, -0.2) is 29.9 Å². The molecule has 1 amide bonds. The van der Waals surface area contributed by atoms with Crippen LogP contribution < -0.4 is 5.32 Å². The van der Waals surface area contributed by atoms with E-state index < -0.39 is 0 Å². The second kappa shape index (κ2) is 7.25. The van der Waals surface area contributed by atoms with Crippen molar-refractivity contribution >= 4 is 32.8 Å². The molecule has 0 unspecified atom stereocenters. The SMILES string of the molecule is Cc1c(C(=O)N[C@H]2CCN(Cc3ccccc3)C2)oc2ccc(Br)cc12. The third-order valence-electron chi connectivity index (χ3n) is 4.96. The third kappa shape index (κ3) is 3.55. The number of benzene rings is 2. The summed E-state index contributed by atoms with van der Waals surface area (Å²) in [6.45, 7) is 4.71. The van der Waals surface area contributed by atoms with Gasteiger partial charge in [0.05, 0.1) is 0 Å². The molecule has 1 fully saturated rings. The van der Waals surface area contributed by atoms with E-state index in [4.69, 9.17) is 4.42 Å². The Morgan fingerprint density at radius 3 is 2.88 bits per heavy atom. The first kappa shape index (κ1) is 17.3. The third-order valence-corrected chi connectivity index (χ3v) is 5.45. The molecule has 0 spiro atoms. The molecule has 1 aliphatic heterocycles. The number of rotatable bonds is 4. The number of hydrogen-bond donors (Lipinski definition) is 1. The smallest absolute Gasteiger partial charge is 0.287 e. The van der Waals surface area contributed by atoms with Gasteiger partial charge in [-0.05, 0) is 37.1 Å². The van der Waals surface area contributed by atoms with Crippen LogP contribution in [0, 0.1) is 6.92 Å². The fourth-order valence-electron chi connectivity index (χ4n) is 3.60. The summed E-state index contributed by atoms with van der Waals surface area (Å²) in [6, 6.07) is 16.4. The molecule has 26 heavy (non-hydrogen) atoms. The normalized spacial score (nSPS) is 17.7. The van der Waals surface area contributed by atoms with E-state index in [9.17, 15) is 4.79 Å². The Labute approximate surface area is 161 Å². The Hall–Kier alpha value is -2.11. The summed E-state index contributed by atoms with van der Waals surface area (Å²) >= 11 is 3.47. The number of hydrogen-bond acceptors (Lipinski definition) is 3. The fraction of sp³-hybridized carbons (Fsp3) is 0.286. The zero-order chi connectivity index (χ0) is 18.1. The van der Waals surface area contributed by atoms with Gasteiger partial charge in [0.25, 0.3) is 5.91 Å². The largest absolute Gasteiger partial charge is 0.451 e. The molecule has 1 saturated heterocycles. The summed E-state index contributed by atoms with van der Waals surface area (Å²) in [4.78, 5) is 15.1. The highest BCUT2D eigenvalue weighted by Crippen LogP contribution is 2.28. The number of fused-ring (bicyclic) bond motifs is 1. The summed E-state index contributed by atoms with van der Waals surface area (Å²) in [7, 11) is 0. The molecule has 1 aromatic heterocycles. The first-order chi connectivity index (χ1) is 12.6. The van der Waals surface area contributed by atoms with Gasteiger partial charge in [-0.2, -0.15) is 0 Å². The minimum absolute atomic E-state index is 0.124. The van der Waals surface area contributed by atoms with Gasteiger partial charge in [0.2, 0.25) is 0 Å². The summed E-state index contributed by atoms with van der Waals surface area (Å²) < 4.78 is 6.78. The van der Waals surface area contributed by atoms with Crippen molar-refractivity contribution in [2.75, 3.05) is 13.1 Å². The van der Waals surface area contributed by atoms with E-state index in [1.165, 1.54) is 5.56 Å². The van der Waals surface area contributed by atoms with Crippen LogP contribution in [0.2, 0.25) is 0 Å². The van der Waals surface area contributed by atoms with Gasteiger partial charge in [-0.3, -0.25) is 9.69 Å². The van der Waals surface area contributed by atoms with Crippen LogP contribution in [0.4, 0.5) is 0 Å². The van der Waals surface area contributed by atoms with E-state index >= 15 is 0 Å². The van der Waals surface area contributed by atoms with E-state index in [1.54, 1.807) is 0 Å². The molecule has 0 bridgehead atoms. The van der Waals surface area contributed by atoms with E-state index in [2.05, 4.69) is 50.4 Å². The highest BCUT2D eigenvalue weighted by molar-refractivity contribution is 9.10. The topological polar surface area (TPSA) is 45.5 Å². The lowest BCUT2D eigenvalue weighted by Gasteiger charge is -2.16. The number of nitrogens with one attached hydrogen (secondary N) is 1. The zero-order valence-electron chi connectivity index (χ0n) is 14.7. The van der Waals surface area contributed by atoms with Gasteiger partial charge in [-0.1, -0.05) is 46.3 Å². The van der Waals surface area contributed by atoms with Crippen molar-refractivity contribution in [2.24, 2.45) is 0 Å². The molecule has 0 saturated carbocycles. The maximum absolute atomic E-state index is 12.7. The molecule has 2 heterocycles. The minimum atomic E-state index is -0.124. The highest BCUT2D eigenvalue weighted by atomic mass is 79.9. The average Bonchev–Trinajstić information content (AvgIpc) is 3.20. The maximum Gasteiger partial charge on any atom is 0.287 e. The molecule has 2 aromatic carbocycles. The summed E-state index contributed by atoms with van der Waals surface area (Å²) in [5.74, 6) is 0.293. The number of likely N-dealkylation sites (tertiary alicyclic amines) is 1. The first-order valence-corrected chi connectivity index (χ1v) is 9.65. The number of halogens is 1. The minimum Gasteiger partial charge on any atom is -0.451 e.